The van der Waals surface area contributed by atoms with E-state index in [1.54, 1.807) is 24.3 Å². The Bertz CT molecular complexity index is 1010. The molecule has 2 aliphatic rings. The van der Waals surface area contributed by atoms with Crippen LogP contribution in [0.15, 0.2) is 59.2 Å². The predicted molar refractivity (Wildman–Crippen MR) is 115 cm³/mol. The van der Waals surface area contributed by atoms with Gasteiger partial charge in [-0.1, -0.05) is 47.5 Å². The predicted octanol–water partition coefficient (Wildman–Crippen LogP) is 6.28. The van der Waals surface area contributed by atoms with Crippen LogP contribution in [0.2, 0.25) is 0 Å². The number of fused-ring (bicyclic) bond motifs is 1. The van der Waals surface area contributed by atoms with Crippen molar-refractivity contribution in [3.8, 4) is 0 Å². The Labute approximate surface area is 184 Å². The number of hydrazone groups is 1. The van der Waals surface area contributed by atoms with Gasteiger partial charge in [0.05, 0.1) is 11.8 Å². The van der Waals surface area contributed by atoms with Crippen LogP contribution in [0.1, 0.15) is 43.4 Å². The van der Waals surface area contributed by atoms with Crippen LogP contribution in [0, 0.1) is 17.6 Å². The summed E-state index contributed by atoms with van der Waals surface area (Å²) >= 11 is 12.2. The van der Waals surface area contributed by atoms with Gasteiger partial charge in [-0.05, 0) is 73.2 Å². The molecule has 0 unspecified atom stereocenters. The highest BCUT2D eigenvalue weighted by Crippen LogP contribution is 2.45. The molecule has 0 spiro atoms. The molecule has 4 rings (SSSR count). The first-order valence-corrected chi connectivity index (χ1v) is 10.5. The lowest BCUT2D eigenvalue weighted by molar-refractivity contribution is -0.134. The number of hydrogen-bond acceptors (Lipinski definition) is 2. The van der Waals surface area contributed by atoms with Gasteiger partial charge in [-0.2, -0.15) is 5.10 Å². The lowest BCUT2D eigenvalue weighted by Crippen LogP contribution is -2.39. The molecule has 0 bridgehead atoms. The van der Waals surface area contributed by atoms with E-state index in [9.17, 15) is 13.6 Å². The molecule has 2 atom stereocenters. The van der Waals surface area contributed by atoms with Crippen molar-refractivity contribution < 1.29 is 13.6 Å². The second-order valence-corrected chi connectivity index (χ2v) is 9.44. The number of benzene rings is 2. The monoisotopic (exact) mass is 448 g/mol. The molecular weight excluding hydrogens is 429 g/mol. The molecule has 1 aliphatic heterocycles. The topological polar surface area (TPSA) is 32.7 Å². The maximum Gasteiger partial charge on any atom is 0.279 e. The van der Waals surface area contributed by atoms with Gasteiger partial charge in [0.15, 0.2) is 4.33 Å². The maximum absolute atomic E-state index is 13.5. The molecule has 0 aromatic heterocycles. The number of carbonyl (C=O) groups is 1. The summed E-state index contributed by atoms with van der Waals surface area (Å²) in [6.45, 7) is 1.41. The molecule has 3 nitrogen and oxygen atoms in total. The second kappa shape index (κ2) is 8.12. The van der Waals surface area contributed by atoms with E-state index in [0.29, 0.717) is 0 Å². The fourth-order valence-electron chi connectivity index (χ4n) is 4.12. The first-order chi connectivity index (χ1) is 14.2. The van der Waals surface area contributed by atoms with Crippen LogP contribution in [-0.2, 0) is 4.79 Å². The van der Waals surface area contributed by atoms with Crippen molar-refractivity contribution in [2.45, 2.75) is 36.6 Å². The first-order valence-electron chi connectivity index (χ1n) is 9.76. The van der Waals surface area contributed by atoms with E-state index in [1.807, 2.05) is 6.08 Å². The zero-order chi connectivity index (χ0) is 21.5. The van der Waals surface area contributed by atoms with E-state index in [0.717, 1.165) is 41.7 Å². The van der Waals surface area contributed by atoms with Crippen molar-refractivity contribution in [3.05, 3.63) is 76.9 Å². The van der Waals surface area contributed by atoms with Crippen molar-refractivity contribution >= 4 is 40.9 Å². The molecule has 2 aromatic carbocycles. The van der Waals surface area contributed by atoms with E-state index in [2.05, 4.69) is 5.10 Å². The molecule has 1 amide bonds. The average Bonchev–Trinajstić information content (AvgIpc) is 3.09. The van der Waals surface area contributed by atoms with E-state index in [-0.39, 0.29) is 17.6 Å². The third kappa shape index (κ3) is 4.14. The number of halogens is 4. The Balaban J connectivity index is 1.76. The summed E-state index contributed by atoms with van der Waals surface area (Å²) in [5.74, 6) is -1.23. The molecule has 1 saturated carbocycles. The highest BCUT2D eigenvalue weighted by atomic mass is 35.5. The number of amides is 1. The normalized spacial score (nSPS) is 22.8. The molecule has 30 heavy (non-hydrogen) atoms. The lowest BCUT2D eigenvalue weighted by atomic mass is 9.77. The van der Waals surface area contributed by atoms with Crippen LogP contribution < -0.4 is 0 Å². The molecule has 1 fully saturated rings. The van der Waals surface area contributed by atoms with E-state index in [1.165, 1.54) is 36.2 Å². The maximum atomic E-state index is 13.5. The van der Waals surface area contributed by atoms with Gasteiger partial charge in [0.25, 0.3) is 5.91 Å². The number of rotatable bonds is 3. The van der Waals surface area contributed by atoms with Crippen molar-refractivity contribution in [2.24, 2.45) is 11.0 Å². The number of alkyl halides is 2. The van der Waals surface area contributed by atoms with Crippen LogP contribution in [-0.4, -0.2) is 21.0 Å². The Hall–Kier alpha value is -2.24. The Morgan fingerprint density at radius 2 is 1.70 bits per heavy atom. The van der Waals surface area contributed by atoms with Crippen LogP contribution in [0.3, 0.4) is 0 Å². The van der Waals surface area contributed by atoms with Gasteiger partial charge in [-0.25, -0.2) is 13.8 Å². The average molecular weight is 449 g/mol. The van der Waals surface area contributed by atoms with Gasteiger partial charge >= 0.3 is 0 Å². The molecule has 0 radical (unpaired) electrons. The highest BCUT2D eigenvalue weighted by molar-refractivity contribution is 6.57. The lowest BCUT2D eigenvalue weighted by Gasteiger charge is -2.31. The SMILES string of the molecule is CC(Cl)(Cl)C(=O)N1N=C2/C(=C\c3ccc(F)cc3)CCC[C@H]2[C@H]1c1ccc(F)cc1. The van der Waals surface area contributed by atoms with Crippen LogP contribution >= 0.6 is 23.2 Å². The Morgan fingerprint density at radius 3 is 2.30 bits per heavy atom. The summed E-state index contributed by atoms with van der Waals surface area (Å²) in [7, 11) is 0. The van der Waals surface area contributed by atoms with Crippen LogP contribution in [0.4, 0.5) is 8.78 Å². The number of carbonyl (C=O) groups excluding carboxylic acids is 1. The molecule has 2 aromatic rings. The zero-order valence-corrected chi connectivity index (χ0v) is 17.8. The van der Waals surface area contributed by atoms with Crippen molar-refractivity contribution in [1.29, 1.82) is 0 Å². The number of allylic oxidation sites excluding steroid dienone is 1. The molecular formula is C23H20Cl2F2N2O. The Kier molecular flexibility index (Phi) is 5.69. The molecule has 0 N–H and O–H groups in total. The minimum Gasteiger partial charge on any atom is -0.269 e. The fourth-order valence-corrected chi connectivity index (χ4v) is 4.30. The van der Waals surface area contributed by atoms with Gasteiger partial charge in [-0.15, -0.1) is 0 Å². The van der Waals surface area contributed by atoms with Gasteiger partial charge in [0.1, 0.15) is 11.6 Å². The quantitative estimate of drug-likeness (QED) is 0.508. The van der Waals surface area contributed by atoms with Gasteiger partial charge in [0, 0.05) is 5.92 Å². The summed E-state index contributed by atoms with van der Waals surface area (Å²) in [5.41, 5.74) is 3.42. The number of hydrogen-bond donors (Lipinski definition) is 0. The van der Waals surface area contributed by atoms with Gasteiger partial charge < -0.3 is 0 Å². The van der Waals surface area contributed by atoms with E-state index < -0.39 is 16.3 Å². The molecule has 1 heterocycles. The van der Waals surface area contributed by atoms with E-state index >= 15 is 0 Å². The third-order valence-electron chi connectivity index (χ3n) is 5.51. The van der Waals surface area contributed by atoms with Crippen molar-refractivity contribution in [2.75, 3.05) is 0 Å². The van der Waals surface area contributed by atoms with Gasteiger partial charge in [-0.3, -0.25) is 4.79 Å². The minimum absolute atomic E-state index is 0.0597. The van der Waals surface area contributed by atoms with Crippen LogP contribution in [0.25, 0.3) is 6.08 Å². The first kappa shape index (κ1) is 21.0. The second-order valence-electron chi connectivity index (χ2n) is 7.74. The third-order valence-corrected chi connectivity index (χ3v) is 5.83. The minimum atomic E-state index is -1.64. The van der Waals surface area contributed by atoms with Gasteiger partial charge in [0.2, 0.25) is 0 Å². The van der Waals surface area contributed by atoms with Crippen molar-refractivity contribution in [1.82, 2.24) is 5.01 Å². The number of nitrogens with zero attached hydrogens (tertiary/aromatic N) is 2. The standard InChI is InChI=1S/C23H20Cl2F2N2O/c1-23(24,25)22(30)29-21(15-7-11-18(27)12-8-15)19-4-2-3-16(20(19)28-29)13-14-5-9-17(26)10-6-14/h5-13,19,21H,2-4H2,1H3/b16-13-/t19-,21-/m1/s1. The van der Waals surface area contributed by atoms with Crippen molar-refractivity contribution in [3.63, 3.8) is 0 Å². The summed E-state index contributed by atoms with van der Waals surface area (Å²) in [5, 5.41) is 5.99. The molecule has 156 valence electrons. The summed E-state index contributed by atoms with van der Waals surface area (Å²) < 4.78 is 25.1. The molecule has 7 heteroatoms. The smallest absolute Gasteiger partial charge is 0.269 e. The van der Waals surface area contributed by atoms with E-state index in [4.69, 9.17) is 23.2 Å². The molecule has 1 aliphatic carbocycles. The summed E-state index contributed by atoms with van der Waals surface area (Å²) in [6.07, 6.45) is 4.51. The Morgan fingerprint density at radius 1 is 1.10 bits per heavy atom. The summed E-state index contributed by atoms with van der Waals surface area (Å²) in [6, 6.07) is 11.9. The van der Waals surface area contributed by atoms with Crippen LogP contribution in [0.5, 0.6) is 0 Å². The molecule has 0 saturated heterocycles. The largest absolute Gasteiger partial charge is 0.279 e. The zero-order valence-electron chi connectivity index (χ0n) is 16.3. The summed E-state index contributed by atoms with van der Waals surface area (Å²) in [4.78, 5) is 13.0. The fraction of sp³-hybridized carbons (Fsp3) is 0.304. The highest BCUT2D eigenvalue weighted by Gasteiger charge is 2.47.